The lowest BCUT2D eigenvalue weighted by Crippen LogP contribution is -2.21. The summed E-state index contributed by atoms with van der Waals surface area (Å²) in [4.78, 5) is 41.4. The first-order valence-electron chi connectivity index (χ1n) is 6.83. The van der Waals surface area contributed by atoms with Crippen molar-refractivity contribution < 1.29 is 33.4 Å². The van der Waals surface area contributed by atoms with Gasteiger partial charge in [0.25, 0.3) is 0 Å². The van der Waals surface area contributed by atoms with Crippen LogP contribution in [-0.4, -0.2) is 33.7 Å². The largest absolute Gasteiger partial charge is 0.455 e. The van der Waals surface area contributed by atoms with Crippen LogP contribution < -0.4 is 0 Å². The summed E-state index contributed by atoms with van der Waals surface area (Å²) >= 11 is 0. The highest BCUT2D eigenvalue weighted by atomic mass is 31.2. The summed E-state index contributed by atoms with van der Waals surface area (Å²) in [6.07, 6.45) is 1.16. The van der Waals surface area contributed by atoms with Crippen LogP contribution in [0.25, 0.3) is 0 Å². The van der Waals surface area contributed by atoms with E-state index in [-0.39, 0.29) is 17.6 Å². The molecule has 0 fully saturated rings. The number of ether oxygens (including phenoxy) is 2. The van der Waals surface area contributed by atoms with E-state index in [4.69, 9.17) is 19.3 Å². The van der Waals surface area contributed by atoms with Gasteiger partial charge in [-0.3, -0.25) is 4.57 Å². The lowest BCUT2D eigenvalue weighted by Gasteiger charge is -2.18. The zero-order chi connectivity index (χ0) is 17.5. The third-order valence-electron chi connectivity index (χ3n) is 2.73. The van der Waals surface area contributed by atoms with Gasteiger partial charge in [0.05, 0.1) is 0 Å². The van der Waals surface area contributed by atoms with Crippen molar-refractivity contribution in [2.24, 2.45) is 0 Å². The first kappa shape index (κ1) is 20.6. The minimum atomic E-state index is -4.51. The Bertz CT molecular complexity index is 503. The monoisotopic (exact) mass is 334 g/mol. The molecule has 0 aliphatic rings. The fraction of sp³-hybridized carbons (Fsp3) is 0.571. The van der Waals surface area contributed by atoms with Crippen molar-refractivity contribution in [1.82, 2.24) is 0 Å². The van der Waals surface area contributed by atoms with Gasteiger partial charge >= 0.3 is 19.5 Å². The predicted octanol–water partition coefficient (Wildman–Crippen LogP) is 2.29. The molecule has 22 heavy (non-hydrogen) atoms. The fourth-order valence-corrected chi connectivity index (χ4v) is 2.14. The number of carbonyl (C=O) groups excluding carboxylic acids is 2. The second kappa shape index (κ2) is 8.88. The molecule has 7 nitrogen and oxygen atoms in total. The molecule has 0 bridgehead atoms. The molecule has 0 saturated carbocycles. The Kier molecular flexibility index (Phi) is 8.30. The third kappa shape index (κ3) is 7.02. The highest BCUT2D eigenvalue weighted by Gasteiger charge is 2.31. The van der Waals surface area contributed by atoms with E-state index < -0.39 is 31.5 Å². The molecule has 0 spiro atoms. The first-order chi connectivity index (χ1) is 10.0. The van der Waals surface area contributed by atoms with E-state index >= 15 is 0 Å². The van der Waals surface area contributed by atoms with Crippen LogP contribution in [0.5, 0.6) is 0 Å². The second-order valence-corrected chi connectivity index (χ2v) is 6.59. The Hall–Kier alpha value is -1.43. The fourth-order valence-electron chi connectivity index (χ4n) is 1.43. The molecule has 126 valence electrons. The smallest absolute Gasteiger partial charge is 0.365 e. The van der Waals surface area contributed by atoms with Crippen molar-refractivity contribution in [3.8, 4) is 0 Å². The molecule has 0 aromatic rings. The Morgan fingerprint density at radius 1 is 1.14 bits per heavy atom. The molecule has 0 aliphatic heterocycles. The maximum Gasteiger partial charge on any atom is 0.365 e. The van der Waals surface area contributed by atoms with E-state index in [0.29, 0.717) is 6.42 Å². The average molecular weight is 334 g/mol. The minimum absolute atomic E-state index is 0.00878. The van der Waals surface area contributed by atoms with Crippen LogP contribution in [-0.2, 0) is 23.6 Å². The summed E-state index contributed by atoms with van der Waals surface area (Å²) in [6.45, 7) is 9.65. The molecule has 2 atom stereocenters. The average Bonchev–Trinajstić information content (AvgIpc) is 2.41. The van der Waals surface area contributed by atoms with Crippen molar-refractivity contribution in [1.29, 1.82) is 0 Å². The molecule has 0 radical (unpaired) electrons. The van der Waals surface area contributed by atoms with Crippen LogP contribution in [0.15, 0.2) is 23.8 Å². The van der Waals surface area contributed by atoms with Gasteiger partial charge in [-0.15, -0.1) is 0 Å². The molecule has 0 amide bonds. The number of hydrogen-bond acceptors (Lipinski definition) is 5. The highest BCUT2D eigenvalue weighted by Crippen LogP contribution is 2.43. The number of esters is 2. The quantitative estimate of drug-likeness (QED) is 0.398. The van der Waals surface area contributed by atoms with Gasteiger partial charge in [-0.1, -0.05) is 20.4 Å². The van der Waals surface area contributed by atoms with Crippen LogP contribution in [0.2, 0.25) is 0 Å². The van der Waals surface area contributed by atoms with Crippen molar-refractivity contribution in [3.63, 3.8) is 0 Å². The molecular formula is C14H23O7P. The van der Waals surface area contributed by atoms with E-state index in [1.54, 1.807) is 6.92 Å². The predicted molar refractivity (Wildman–Crippen MR) is 81.0 cm³/mol. The lowest BCUT2D eigenvalue weighted by atomic mass is 10.2. The van der Waals surface area contributed by atoms with Gasteiger partial charge in [0.15, 0.2) is 0 Å². The van der Waals surface area contributed by atoms with Crippen molar-refractivity contribution in [2.75, 3.05) is 0 Å². The van der Waals surface area contributed by atoms with E-state index in [0.717, 1.165) is 0 Å². The van der Waals surface area contributed by atoms with Gasteiger partial charge in [-0.2, -0.15) is 0 Å². The number of hydrogen-bond donors (Lipinski definition) is 2. The van der Waals surface area contributed by atoms with Gasteiger partial charge in [-0.05, 0) is 32.8 Å². The van der Waals surface area contributed by atoms with Gasteiger partial charge in [0, 0.05) is 11.1 Å². The Morgan fingerprint density at radius 2 is 1.68 bits per heavy atom. The highest BCUT2D eigenvalue weighted by molar-refractivity contribution is 7.52. The maximum absolute atomic E-state index is 11.8. The lowest BCUT2D eigenvalue weighted by molar-refractivity contribution is -0.144. The molecule has 0 aliphatic carbocycles. The molecule has 0 aromatic carbocycles. The third-order valence-corrected chi connectivity index (χ3v) is 3.96. The van der Waals surface area contributed by atoms with E-state index in [1.807, 2.05) is 0 Å². The molecule has 0 saturated heterocycles. The van der Waals surface area contributed by atoms with Gasteiger partial charge in [-0.25, -0.2) is 9.59 Å². The normalized spacial score (nSPS) is 14.9. The van der Waals surface area contributed by atoms with E-state index in [9.17, 15) is 14.2 Å². The van der Waals surface area contributed by atoms with Crippen LogP contribution in [0.4, 0.5) is 0 Å². The second-order valence-electron chi connectivity index (χ2n) is 4.84. The van der Waals surface area contributed by atoms with Gasteiger partial charge in [0.1, 0.15) is 6.10 Å². The topological polar surface area (TPSA) is 110 Å². The molecule has 8 heteroatoms. The van der Waals surface area contributed by atoms with E-state index in [1.165, 1.54) is 26.8 Å². The summed E-state index contributed by atoms with van der Waals surface area (Å²) in [6, 6.07) is 0. The maximum atomic E-state index is 11.8. The molecule has 2 N–H and O–H groups in total. The summed E-state index contributed by atoms with van der Waals surface area (Å²) in [5.74, 6) is -2.92. The van der Waals surface area contributed by atoms with Crippen LogP contribution >= 0.6 is 7.60 Å². The molecule has 0 heterocycles. The summed E-state index contributed by atoms with van der Waals surface area (Å²) in [5.41, 5.74) is 0.341. The van der Waals surface area contributed by atoms with Crippen molar-refractivity contribution in [2.45, 2.75) is 52.5 Å². The molecule has 2 unspecified atom stereocenters. The van der Waals surface area contributed by atoms with Crippen LogP contribution in [0.3, 0.4) is 0 Å². The SMILES string of the molecule is C=C(C)C(=O)OC(/C=C(\C)C(=O)OC(CC)P(=O)(O)O)CC. The first-order valence-corrected chi connectivity index (χ1v) is 8.52. The van der Waals surface area contributed by atoms with E-state index in [2.05, 4.69) is 6.58 Å². The minimum Gasteiger partial charge on any atom is -0.455 e. The van der Waals surface area contributed by atoms with Crippen LogP contribution in [0.1, 0.15) is 40.5 Å². The van der Waals surface area contributed by atoms with Gasteiger partial charge < -0.3 is 19.3 Å². The van der Waals surface area contributed by atoms with Crippen LogP contribution in [0, 0.1) is 0 Å². The molecular weight excluding hydrogens is 311 g/mol. The molecule has 0 rings (SSSR count). The number of carbonyl (C=O) groups is 2. The van der Waals surface area contributed by atoms with Crippen molar-refractivity contribution >= 4 is 19.5 Å². The van der Waals surface area contributed by atoms with Gasteiger partial charge in [0.2, 0.25) is 5.85 Å². The Morgan fingerprint density at radius 3 is 2.05 bits per heavy atom. The number of rotatable bonds is 8. The molecule has 0 aromatic heterocycles. The summed E-state index contributed by atoms with van der Waals surface area (Å²) in [5, 5.41) is 0. The summed E-state index contributed by atoms with van der Waals surface area (Å²) in [7, 11) is -4.51. The Labute approximate surface area is 130 Å². The van der Waals surface area contributed by atoms with Crippen molar-refractivity contribution in [3.05, 3.63) is 23.8 Å². The zero-order valence-corrected chi connectivity index (χ0v) is 14.1. The Balaban J connectivity index is 4.94. The standard InChI is InChI=1S/C14H23O7P/c1-6-11(20-13(15)9(3)4)8-10(5)14(16)21-12(7-2)22(17,18)19/h8,11-12H,3,6-7H2,1-2,4-5H3,(H2,17,18,19)/b10-8+. The zero-order valence-electron chi connectivity index (χ0n) is 13.2. The summed E-state index contributed by atoms with van der Waals surface area (Å²) < 4.78 is 21.0.